The van der Waals surface area contributed by atoms with Gasteiger partial charge in [-0.2, -0.15) is 0 Å². The van der Waals surface area contributed by atoms with E-state index in [0.717, 1.165) is 5.69 Å². The molecule has 5 heteroatoms. The van der Waals surface area contributed by atoms with Gasteiger partial charge in [-0.1, -0.05) is 6.07 Å². The van der Waals surface area contributed by atoms with Gasteiger partial charge in [0.2, 0.25) is 10.0 Å². The zero-order valence-corrected chi connectivity index (χ0v) is 9.01. The van der Waals surface area contributed by atoms with Gasteiger partial charge in [-0.25, -0.2) is 13.6 Å². The third-order valence-corrected chi connectivity index (χ3v) is 2.53. The van der Waals surface area contributed by atoms with Gasteiger partial charge in [0.05, 0.1) is 4.90 Å². The first-order valence-electron chi connectivity index (χ1n) is 4.29. The fourth-order valence-electron chi connectivity index (χ4n) is 1.10. The zero-order chi connectivity index (χ0) is 10.8. The number of rotatable bonds is 3. The van der Waals surface area contributed by atoms with Gasteiger partial charge < -0.3 is 5.32 Å². The molecule has 0 heterocycles. The Morgan fingerprint density at radius 3 is 2.50 bits per heavy atom. The van der Waals surface area contributed by atoms with E-state index < -0.39 is 10.0 Å². The Balaban J connectivity index is 3.02. The molecule has 0 amide bonds. The Labute approximate surface area is 84.2 Å². The highest BCUT2D eigenvalue weighted by atomic mass is 32.2. The lowest BCUT2D eigenvalue weighted by Crippen LogP contribution is -2.14. The van der Waals surface area contributed by atoms with Crippen LogP contribution in [-0.2, 0) is 10.0 Å². The van der Waals surface area contributed by atoms with E-state index in [4.69, 9.17) is 5.14 Å². The lowest BCUT2D eigenvalue weighted by atomic mass is 10.3. The molecule has 0 spiro atoms. The highest BCUT2D eigenvalue weighted by molar-refractivity contribution is 7.89. The monoisotopic (exact) mass is 214 g/mol. The van der Waals surface area contributed by atoms with Crippen LogP contribution in [0.4, 0.5) is 5.69 Å². The summed E-state index contributed by atoms with van der Waals surface area (Å²) in [5.41, 5.74) is 0.756. The van der Waals surface area contributed by atoms with Crippen molar-refractivity contribution in [2.45, 2.75) is 24.8 Å². The molecule has 0 atom stereocenters. The summed E-state index contributed by atoms with van der Waals surface area (Å²) in [5, 5.41) is 8.10. The number of nitrogens with one attached hydrogen (secondary N) is 1. The largest absolute Gasteiger partial charge is 0.383 e. The minimum absolute atomic E-state index is 0.128. The fraction of sp³-hybridized carbons (Fsp3) is 0.333. The van der Waals surface area contributed by atoms with Crippen LogP contribution in [0, 0.1) is 0 Å². The molecule has 1 aromatic carbocycles. The molecule has 3 N–H and O–H groups in total. The molecule has 0 fully saturated rings. The second-order valence-corrected chi connectivity index (χ2v) is 4.93. The van der Waals surface area contributed by atoms with E-state index in [-0.39, 0.29) is 10.9 Å². The van der Waals surface area contributed by atoms with Crippen molar-refractivity contribution in [2.24, 2.45) is 5.14 Å². The lowest BCUT2D eigenvalue weighted by Gasteiger charge is -2.10. The van der Waals surface area contributed by atoms with Crippen LogP contribution < -0.4 is 10.5 Å². The molecule has 0 aromatic heterocycles. The molecule has 0 aliphatic rings. The summed E-state index contributed by atoms with van der Waals surface area (Å²) < 4.78 is 22.0. The number of hydrogen-bond acceptors (Lipinski definition) is 3. The van der Waals surface area contributed by atoms with Gasteiger partial charge in [0, 0.05) is 11.7 Å². The Morgan fingerprint density at radius 2 is 2.00 bits per heavy atom. The summed E-state index contributed by atoms with van der Waals surface area (Å²) >= 11 is 0. The van der Waals surface area contributed by atoms with E-state index >= 15 is 0 Å². The number of primary sulfonamides is 1. The highest BCUT2D eigenvalue weighted by Crippen LogP contribution is 2.14. The first kappa shape index (κ1) is 11.0. The maximum absolute atomic E-state index is 11.0. The van der Waals surface area contributed by atoms with E-state index in [9.17, 15) is 8.42 Å². The smallest absolute Gasteiger partial charge is 0.238 e. The van der Waals surface area contributed by atoms with E-state index in [1.165, 1.54) is 12.1 Å². The van der Waals surface area contributed by atoms with Crippen LogP contribution in [0.2, 0.25) is 0 Å². The first-order chi connectivity index (χ1) is 6.39. The highest BCUT2D eigenvalue weighted by Gasteiger charge is 2.07. The predicted octanol–water partition coefficient (Wildman–Crippen LogP) is 1.15. The normalized spacial score (nSPS) is 11.7. The van der Waals surface area contributed by atoms with Gasteiger partial charge in [0.15, 0.2) is 0 Å². The molecule has 0 aliphatic carbocycles. The van der Waals surface area contributed by atoms with Crippen LogP contribution in [-0.4, -0.2) is 14.5 Å². The van der Waals surface area contributed by atoms with E-state index in [0.29, 0.717) is 0 Å². The number of hydrogen-bond donors (Lipinski definition) is 2. The van der Waals surface area contributed by atoms with Crippen molar-refractivity contribution in [3.63, 3.8) is 0 Å². The molecule has 0 saturated heterocycles. The van der Waals surface area contributed by atoms with Crippen molar-refractivity contribution in [3.8, 4) is 0 Å². The van der Waals surface area contributed by atoms with Crippen LogP contribution in [0.5, 0.6) is 0 Å². The maximum Gasteiger partial charge on any atom is 0.238 e. The molecule has 0 radical (unpaired) electrons. The van der Waals surface area contributed by atoms with Crippen molar-refractivity contribution in [3.05, 3.63) is 24.3 Å². The minimum Gasteiger partial charge on any atom is -0.383 e. The molecule has 1 aromatic rings. The average molecular weight is 214 g/mol. The lowest BCUT2D eigenvalue weighted by molar-refractivity contribution is 0.598. The average Bonchev–Trinajstić information content (AvgIpc) is 2.01. The summed E-state index contributed by atoms with van der Waals surface area (Å²) in [6, 6.07) is 6.71. The van der Waals surface area contributed by atoms with Gasteiger partial charge in [-0.05, 0) is 32.0 Å². The molecule has 0 saturated carbocycles. The third-order valence-electron chi connectivity index (χ3n) is 1.62. The molecule has 0 unspecified atom stereocenters. The van der Waals surface area contributed by atoms with Crippen molar-refractivity contribution in [1.82, 2.24) is 0 Å². The van der Waals surface area contributed by atoms with Crippen LogP contribution in [0.25, 0.3) is 0 Å². The minimum atomic E-state index is -3.60. The summed E-state index contributed by atoms with van der Waals surface area (Å²) in [6.45, 7) is 3.95. The quantitative estimate of drug-likeness (QED) is 0.793. The number of benzene rings is 1. The maximum atomic E-state index is 11.0. The van der Waals surface area contributed by atoms with Gasteiger partial charge in [0.25, 0.3) is 0 Å². The van der Waals surface area contributed by atoms with Gasteiger partial charge in [-0.15, -0.1) is 0 Å². The molecule has 0 bridgehead atoms. The first-order valence-corrected chi connectivity index (χ1v) is 5.83. The summed E-state index contributed by atoms with van der Waals surface area (Å²) in [7, 11) is -3.60. The van der Waals surface area contributed by atoms with E-state index in [1.54, 1.807) is 12.1 Å². The molecule has 14 heavy (non-hydrogen) atoms. The second kappa shape index (κ2) is 3.98. The standard InChI is InChI=1S/C9H14N2O2S/c1-7(2)11-8-4-3-5-9(6-8)14(10,12)13/h3-7,11H,1-2H3,(H2,10,12,13). The van der Waals surface area contributed by atoms with Crippen molar-refractivity contribution in [2.75, 3.05) is 5.32 Å². The van der Waals surface area contributed by atoms with Crippen molar-refractivity contribution >= 4 is 15.7 Å². The van der Waals surface area contributed by atoms with E-state index in [1.807, 2.05) is 13.8 Å². The Morgan fingerprint density at radius 1 is 1.36 bits per heavy atom. The molecule has 78 valence electrons. The Kier molecular flexibility index (Phi) is 3.13. The number of nitrogens with two attached hydrogens (primary N) is 1. The zero-order valence-electron chi connectivity index (χ0n) is 8.19. The van der Waals surface area contributed by atoms with Gasteiger partial charge >= 0.3 is 0 Å². The topological polar surface area (TPSA) is 72.2 Å². The number of anilines is 1. The predicted molar refractivity (Wildman–Crippen MR) is 56.6 cm³/mol. The second-order valence-electron chi connectivity index (χ2n) is 3.37. The number of sulfonamides is 1. The van der Waals surface area contributed by atoms with Crippen LogP contribution >= 0.6 is 0 Å². The molecular weight excluding hydrogens is 200 g/mol. The van der Waals surface area contributed by atoms with E-state index in [2.05, 4.69) is 5.32 Å². The molecule has 0 aliphatic heterocycles. The summed E-state index contributed by atoms with van der Waals surface area (Å²) in [6.07, 6.45) is 0. The Hall–Kier alpha value is -1.07. The van der Waals surface area contributed by atoms with Crippen molar-refractivity contribution in [1.29, 1.82) is 0 Å². The van der Waals surface area contributed by atoms with Crippen LogP contribution in [0.1, 0.15) is 13.8 Å². The summed E-state index contributed by atoms with van der Waals surface area (Å²) in [4.78, 5) is 0.128. The molecule has 4 nitrogen and oxygen atoms in total. The fourth-order valence-corrected chi connectivity index (χ4v) is 1.66. The van der Waals surface area contributed by atoms with Crippen LogP contribution in [0.3, 0.4) is 0 Å². The SMILES string of the molecule is CC(C)Nc1cccc(S(N)(=O)=O)c1. The van der Waals surface area contributed by atoms with Gasteiger partial charge in [-0.3, -0.25) is 0 Å². The third kappa shape index (κ3) is 3.01. The Bertz CT molecular complexity index is 413. The summed E-state index contributed by atoms with van der Waals surface area (Å²) in [5.74, 6) is 0. The molecule has 1 rings (SSSR count). The van der Waals surface area contributed by atoms with Crippen molar-refractivity contribution < 1.29 is 8.42 Å². The molecular formula is C9H14N2O2S. The van der Waals surface area contributed by atoms with Crippen LogP contribution in [0.15, 0.2) is 29.2 Å². The van der Waals surface area contributed by atoms with Gasteiger partial charge in [0.1, 0.15) is 0 Å².